The lowest BCUT2D eigenvalue weighted by Crippen LogP contribution is -2.33. The Morgan fingerprint density at radius 2 is 2.06 bits per heavy atom. The smallest absolute Gasteiger partial charge is 0.265 e. The number of amidine groups is 1. The molecule has 31 heavy (non-hydrogen) atoms. The first kappa shape index (κ1) is 22.6. The van der Waals surface area contributed by atoms with Gasteiger partial charge in [0, 0.05) is 17.8 Å². The van der Waals surface area contributed by atoms with Crippen LogP contribution >= 0.6 is 0 Å². The fraction of sp³-hybridized carbons (Fsp3) is 0.364. The van der Waals surface area contributed by atoms with Crippen LogP contribution in [0.4, 0.5) is 11.4 Å². The maximum atomic E-state index is 12.9. The van der Waals surface area contributed by atoms with Crippen molar-refractivity contribution in [2.45, 2.75) is 39.2 Å². The number of nitrogens with two attached hydrogens (primary N) is 1. The van der Waals surface area contributed by atoms with E-state index in [0.717, 1.165) is 12.0 Å². The number of nitrogen functional groups attached to an aromatic ring is 1. The van der Waals surface area contributed by atoms with E-state index in [4.69, 9.17) is 15.9 Å². The van der Waals surface area contributed by atoms with Crippen molar-refractivity contribution in [2.24, 2.45) is 5.73 Å². The number of rotatable bonds is 8. The predicted molar refractivity (Wildman–Crippen MR) is 122 cm³/mol. The highest BCUT2D eigenvalue weighted by molar-refractivity contribution is 7.93. The number of amides is 1. The van der Waals surface area contributed by atoms with Crippen LogP contribution in [0.15, 0.2) is 42.5 Å². The van der Waals surface area contributed by atoms with E-state index in [9.17, 15) is 13.2 Å². The zero-order valence-corrected chi connectivity index (χ0v) is 18.5. The number of sulfonamides is 1. The maximum Gasteiger partial charge on any atom is 0.265 e. The second-order valence-electron chi connectivity index (χ2n) is 7.57. The molecule has 0 saturated carbocycles. The molecule has 1 heterocycles. The molecule has 1 atom stereocenters. The molecule has 1 unspecified atom stereocenters. The first-order valence-corrected chi connectivity index (χ1v) is 11.8. The van der Waals surface area contributed by atoms with Gasteiger partial charge in [-0.2, -0.15) is 0 Å². The minimum atomic E-state index is -3.26. The number of carbonyl (C=O) groups is 1. The standard InChI is InChI=1S/C22H28N4O4S/c1-3-6-20(30-18-8-4-7-16(14-18)21(23)24)22(27)25-17-9-10-19(15(2)13-17)26-11-5-12-31(26,28)29/h4,7-10,13-14,20H,3,5-6,11-12H2,1-2H3,(H3,23,24)(H,25,27). The molecule has 1 saturated heterocycles. The molecule has 1 aliphatic rings. The number of hydrogen-bond donors (Lipinski definition) is 3. The molecule has 0 aliphatic carbocycles. The van der Waals surface area contributed by atoms with Crippen molar-refractivity contribution < 1.29 is 17.9 Å². The van der Waals surface area contributed by atoms with Crippen molar-refractivity contribution in [2.75, 3.05) is 21.9 Å². The zero-order chi connectivity index (χ0) is 22.6. The van der Waals surface area contributed by atoms with E-state index < -0.39 is 16.1 Å². The van der Waals surface area contributed by atoms with Crippen molar-refractivity contribution >= 4 is 33.1 Å². The number of nitrogens with zero attached hydrogens (tertiary/aromatic N) is 1. The summed E-state index contributed by atoms with van der Waals surface area (Å²) in [5, 5.41) is 10.4. The third-order valence-corrected chi connectivity index (χ3v) is 6.95. The van der Waals surface area contributed by atoms with Crippen molar-refractivity contribution in [3.05, 3.63) is 53.6 Å². The summed E-state index contributed by atoms with van der Waals surface area (Å²) in [4.78, 5) is 12.9. The normalized spacial score (nSPS) is 16.0. The number of carbonyl (C=O) groups excluding carboxylic acids is 1. The highest BCUT2D eigenvalue weighted by Gasteiger charge is 2.29. The maximum absolute atomic E-state index is 12.9. The number of aryl methyl sites for hydroxylation is 1. The SMILES string of the molecule is CCCC(Oc1cccc(C(=N)N)c1)C(=O)Nc1ccc(N2CCCS2(=O)=O)c(C)c1. The Labute approximate surface area is 183 Å². The molecule has 8 nitrogen and oxygen atoms in total. The molecule has 3 rings (SSSR count). The third kappa shape index (κ3) is 5.35. The van der Waals surface area contributed by atoms with Gasteiger partial charge in [-0.05, 0) is 55.7 Å². The molecule has 4 N–H and O–H groups in total. The molecule has 0 bridgehead atoms. The molecule has 2 aromatic carbocycles. The van der Waals surface area contributed by atoms with E-state index in [1.54, 1.807) is 42.5 Å². The molecule has 166 valence electrons. The van der Waals surface area contributed by atoms with E-state index in [1.165, 1.54) is 4.31 Å². The summed E-state index contributed by atoms with van der Waals surface area (Å²) in [6.07, 6.45) is 1.15. The van der Waals surface area contributed by atoms with E-state index in [0.29, 0.717) is 42.1 Å². The van der Waals surface area contributed by atoms with Gasteiger partial charge in [0.05, 0.1) is 11.4 Å². The summed E-state index contributed by atoms with van der Waals surface area (Å²) in [5.74, 6) is 0.256. The first-order valence-electron chi connectivity index (χ1n) is 10.2. The lowest BCUT2D eigenvalue weighted by Gasteiger charge is -2.21. The third-order valence-electron chi connectivity index (χ3n) is 5.10. The minimum absolute atomic E-state index is 0.0717. The molecule has 1 aliphatic heterocycles. The number of nitrogens with one attached hydrogen (secondary N) is 2. The lowest BCUT2D eigenvalue weighted by atomic mass is 10.1. The molecule has 0 radical (unpaired) electrons. The van der Waals surface area contributed by atoms with Gasteiger partial charge in [-0.1, -0.05) is 25.5 Å². The van der Waals surface area contributed by atoms with Crippen LogP contribution in [0.5, 0.6) is 5.75 Å². The second-order valence-corrected chi connectivity index (χ2v) is 9.58. The van der Waals surface area contributed by atoms with Crippen molar-refractivity contribution in [3.8, 4) is 5.75 Å². The summed E-state index contributed by atoms with van der Waals surface area (Å²) in [7, 11) is -3.26. The van der Waals surface area contributed by atoms with Crippen LogP contribution in [0.3, 0.4) is 0 Å². The van der Waals surface area contributed by atoms with Crippen LogP contribution in [0.1, 0.15) is 37.3 Å². The Morgan fingerprint density at radius 1 is 1.29 bits per heavy atom. The molecule has 1 fully saturated rings. The van der Waals surface area contributed by atoms with Gasteiger partial charge in [0.1, 0.15) is 11.6 Å². The first-order chi connectivity index (χ1) is 14.7. The summed E-state index contributed by atoms with van der Waals surface area (Å²) in [5.41, 5.74) is 8.03. The van der Waals surface area contributed by atoms with Gasteiger partial charge < -0.3 is 15.8 Å². The molecule has 0 aromatic heterocycles. The van der Waals surface area contributed by atoms with Crippen LogP contribution in [0, 0.1) is 12.3 Å². The van der Waals surface area contributed by atoms with Gasteiger partial charge in [-0.25, -0.2) is 8.42 Å². The quantitative estimate of drug-likeness (QED) is 0.426. The van der Waals surface area contributed by atoms with Crippen molar-refractivity contribution in [1.82, 2.24) is 0 Å². The van der Waals surface area contributed by atoms with Crippen LogP contribution in [-0.4, -0.2) is 38.6 Å². The Kier molecular flexibility index (Phi) is 6.84. The molecular formula is C22H28N4O4S. The van der Waals surface area contributed by atoms with E-state index in [1.807, 2.05) is 13.8 Å². The highest BCUT2D eigenvalue weighted by Crippen LogP contribution is 2.29. The number of hydrogen-bond acceptors (Lipinski definition) is 5. The zero-order valence-electron chi connectivity index (χ0n) is 17.7. The molecule has 1 amide bonds. The van der Waals surface area contributed by atoms with Crippen LogP contribution in [0.2, 0.25) is 0 Å². The van der Waals surface area contributed by atoms with E-state index in [-0.39, 0.29) is 17.5 Å². The summed E-state index contributed by atoms with van der Waals surface area (Å²) in [6.45, 7) is 4.26. The number of anilines is 2. The minimum Gasteiger partial charge on any atom is -0.481 e. The topological polar surface area (TPSA) is 126 Å². The van der Waals surface area contributed by atoms with E-state index >= 15 is 0 Å². The van der Waals surface area contributed by atoms with Crippen molar-refractivity contribution in [3.63, 3.8) is 0 Å². The van der Waals surface area contributed by atoms with E-state index in [2.05, 4.69) is 5.32 Å². The monoisotopic (exact) mass is 444 g/mol. The number of benzene rings is 2. The average Bonchev–Trinajstić information content (AvgIpc) is 3.06. The summed E-state index contributed by atoms with van der Waals surface area (Å²) < 4.78 is 31.7. The van der Waals surface area contributed by atoms with Gasteiger partial charge in [0.25, 0.3) is 5.91 Å². The molecule has 2 aromatic rings. The van der Waals surface area contributed by atoms with Gasteiger partial charge in [-0.15, -0.1) is 0 Å². The highest BCUT2D eigenvalue weighted by atomic mass is 32.2. The van der Waals surface area contributed by atoms with Gasteiger partial charge >= 0.3 is 0 Å². The predicted octanol–water partition coefficient (Wildman–Crippen LogP) is 3.01. The van der Waals surface area contributed by atoms with Gasteiger partial charge in [0.15, 0.2) is 6.10 Å². The molecular weight excluding hydrogens is 416 g/mol. The van der Waals surface area contributed by atoms with Crippen LogP contribution in [-0.2, 0) is 14.8 Å². The Morgan fingerprint density at radius 3 is 2.68 bits per heavy atom. The average molecular weight is 445 g/mol. The summed E-state index contributed by atoms with van der Waals surface area (Å²) >= 11 is 0. The van der Waals surface area contributed by atoms with Crippen LogP contribution in [0.25, 0.3) is 0 Å². The fourth-order valence-electron chi connectivity index (χ4n) is 3.55. The van der Waals surface area contributed by atoms with Gasteiger partial charge in [0.2, 0.25) is 10.0 Å². The molecule has 9 heteroatoms. The number of ether oxygens (including phenoxy) is 1. The molecule has 0 spiro atoms. The fourth-order valence-corrected chi connectivity index (χ4v) is 5.18. The summed E-state index contributed by atoms with van der Waals surface area (Å²) in [6, 6.07) is 12.0. The Bertz CT molecular complexity index is 1080. The van der Waals surface area contributed by atoms with Gasteiger partial charge in [-0.3, -0.25) is 14.5 Å². The second kappa shape index (κ2) is 9.38. The largest absolute Gasteiger partial charge is 0.481 e. The van der Waals surface area contributed by atoms with Crippen molar-refractivity contribution in [1.29, 1.82) is 5.41 Å². The van der Waals surface area contributed by atoms with Crippen LogP contribution < -0.4 is 20.1 Å². The lowest BCUT2D eigenvalue weighted by molar-refractivity contribution is -0.123. The Hall–Kier alpha value is -3.07. The Balaban J connectivity index is 1.74.